The molecule has 0 unspecified atom stereocenters. The summed E-state index contributed by atoms with van der Waals surface area (Å²) >= 11 is 3.35. The molecule has 0 aliphatic heterocycles. The molecular formula is C25H21BrN2O4. The Morgan fingerprint density at radius 1 is 0.969 bits per heavy atom. The lowest BCUT2D eigenvalue weighted by Gasteiger charge is -2.13. The number of rotatable bonds is 5. The second-order valence-corrected chi connectivity index (χ2v) is 7.50. The van der Waals surface area contributed by atoms with Gasteiger partial charge in [-0.3, -0.25) is 9.59 Å². The number of fused-ring (bicyclic) bond motifs is 1. The van der Waals surface area contributed by atoms with Crippen LogP contribution in [0.2, 0.25) is 0 Å². The van der Waals surface area contributed by atoms with E-state index in [2.05, 4.69) is 20.9 Å². The second kappa shape index (κ2) is 10.2. The SMILES string of the molecule is CC.O=C(O)c1cccc(C(=O)c2cn(Cc3cccc(Br)n3)c3ccccc3c2=O)c1. The molecule has 0 radical (unpaired) electrons. The molecule has 0 saturated carbocycles. The fourth-order valence-electron chi connectivity index (χ4n) is 3.30. The predicted octanol–water partition coefficient (Wildman–Crippen LogP) is 5.16. The number of halogens is 1. The normalized spacial score (nSPS) is 10.3. The number of aromatic carboxylic acids is 1. The first kappa shape index (κ1) is 23.1. The number of carbonyl (C=O) groups excluding carboxylic acids is 1. The summed E-state index contributed by atoms with van der Waals surface area (Å²) in [4.78, 5) is 41.8. The van der Waals surface area contributed by atoms with Gasteiger partial charge in [0.1, 0.15) is 4.60 Å². The van der Waals surface area contributed by atoms with Crippen LogP contribution in [0, 0.1) is 0 Å². The molecule has 0 bridgehead atoms. The van der Waals surface area contributed by atoms with Gasteiger partial charge in [0.2, 0.25) is 5.43 Å². The van der Waals surface area contributed by atoms with Crippen molar-refractivity contribution in [3.8, 4) is 0 Å². The summed E-state index contributed by atoms with van der Waals surface area (Å²) in [6.45, 7) is 4.36. The highest BCUT2D eigenvalue weighted by molar-refractivity contribution is 9.10. The zero-order valence-corrected chi connectivity index (χ0v) is 19.2. The summed E-state index contributed by atoms with van der Waals surface area (Å²) in [5.74, 6) is -1.66. The van der Waals surface area contributed by atoms with E-state index in [1.165, 1.54) is 30.5 Å². The van der Waals surface area contributed by atoms with Gasteiger partial charge in [0.15, 0.2) is 5.78 Å². The average Bonchev–Trinajstić information content (AvgIpc) is 2.82. The summed E-state index contributed by atoms with van der Waals surface area (Å²) in [5, 5.41) is 9.61. The third-order valence-corrected chi connectivity index (χ3v) is 5.15. The number of hydrogen-bond donors (Lipinski definition) is 1. The van der Waals surface area contributed by atoms with Crippen molar-refractivity contribution in [1.29, 1.82) is 0 Å². The van der Waals surface area contributed by atoms with E-state index in [0.717, 1.165) is 5.69 Å². The van der Waals surface area contributed by atoms with Crippen molar-refractivity contribution in [2.75, 3.05) is 0 Å². The second-order valence-electron chi connectivity index (χ2n) is 6.68. The van der Waals surface area contributed by atoms with E-state index < -0.39 is 17.2 Å². The Labute approximate surface area is 193 Å². The van der Waals surface area contributed by atoms with Crippen LogP contribution in [-0.2, 0) is 6.54 Å². The zero-order valence-electron chi connectivity index (χ0n) is 17.6. The molecule has 2 aromatic heterocycles. The van der Waals surface area contributed by atoms with Crippen LogP contribution in [0.25, 0.3) is 10.9 Å². The largest absolute Gasteiger partial charge is 0.478 e. The first-order valence-electron chi connectivity index (χ1n) is 10.1. The van der Waals surface area contributed by atoms with Gasteiger partial charge >= 0.3 is 5.97 Å². The number of carbonyl (C=O) groups is 2. The Morgan fingerprint density at radius 3 is 2.38 bits per heavy atom. The molecular weight excluding hydrogens is 472 g/mol. The Balaban J connectivity index is 0.00000141. The Kier molecular flexibility index (Phi) is 7.33. The van der Waals surface area contributed by atoms with Crippen LogP contribution in [-0.4, -0.2) is 26.4 Å². The fraction of sp³-hybridized carbons (Fsp3) is 0.120. The van der Waals surface area contributed by atoms with Gasteiger partial charge in [-0.15, -0.1) is 0 Å². The molecule has 2 aromatic carbocycles. The smallest absolute Gasteiger partial charge is 0.335 e. The van der Waals surface area contributed by atoms with Crippen LogP contribution >= 0.6 is 15.9 Å². The van der Waals surface area contributed by atoms with Crippen molar-refractivity contribution < 1.29 is 14.7 Å². The van der Waals surface area contributed by atoms with Gasteiger partial charge in [0, 0.05) is 17.1 Å². The number of ketones is 1. The summed E-state index contributed by atoms with van der Waals surface area (Å²) in [6.07, 6.45) is 1.52. The minimum Gasteiger partial charge on any atom is -0.478 e. The van der Waals surface area contributed by atoms with Gasteiger partial charge < -0.3 is 9.67 Å². The number of aromatic nitrogens is 2. The average molecular weight is 493 g/mol. The van der Waals surface area contributed by atoms with Crippen LogP contribution < -0.4 is 5.43 Å². The molecule has 6 nitrogen and oxygen atoms in total. The van der Waals surface area contributed by atoms with E-state index in [1.807, 2.05) is 44.2 Å². The Morgan fingerprint density at radius 2 is 1.66 bits per heavy atom. The number of pyridine rings is 2. The molecule has 0 atom stereocenters. The molecule has 0 fully saturated rings. The molecule has 162 valence electrons. The third kappa shape index (κ3) is 4.84. The molecule has 0 aliphatic rings. The van der Waals surface area contributed by atoms with Gasteiger partial charge in [-0.25, -0.2) is 9.78 Å². The zero-order chi connectivity index (χ0) is 23.3. The maximum absolute atomic E-state index is 13.1. The van der Waals surface area contributed by atoms with Crippen molar-refractivity contribution in [3.63, 3.8) is 0 Å². The summed E-state index contributed by atoms with van der Waals surface area (Å²) in [5.41, 5.74) is 1.15. The van der Waals surface area contributed by atoms with E-state index in [0.29, 0.717) is 22.1 Å². The molecule has 0 spiro atoms. The quantitative estimate of drug-likeness (QED) is 0.306. The molecule has 32 heavy (non-hydrogen) atoms. The highest BCUT2D eigenvalue weighted by Crippen LogP contribution is 2.17. The molecule has 1 N–H and O–H groups in total. The molecule has 0 aliphatic carbocycles. The van der Waals surface area contributed by atoms with Crippen LogP contribution in [0.15, 0.2) is 82.3 Å². The van der Waals surface area contributed by atoms with Crippen molar-refractivity contribution in [3.05, 3.63) is 110 Å². The summed E-state index contributed by atoms with van der Waals surface area (Å²) in [6, 6.07) is 18.3. The van der Waals surface area contributed by atoms with Crippen LogP contribution in [0.4, 0.5) is 0 Å². The standard InChI is InChI=1S/C23H15BrN2O4.C2H6/c24-20-10-4-7-16(25-20)12-26-13-18(22(28)17-8-1-2-9-19(17)26)21(27)14-5-3-6-15(11-14)23(29)30;1-2/h1-11,13H,12H2,(H,29,30);1-2H3. The van der Waals surface area contributed by atoms with Gasteiger partial charge in [-0.05, 0) is 52.3 Å². The van der Waals surface area contributed by atoms with Crippen molar-refractivity contribution in [1.82, 2.24) is 9.55 Å². The minimum absolute atomic E-state index is 0.0136. The minimum atomic E-state index is -1.14. The number of carboxylic acids is 1. The highest BCUT2D eigenvalue weighted by Gasteiger charge is 2.18. The molecule has 0 amide bonds. The first-order chi connectivity index (χ1) is 15.4. The lowest BCUT2D eigenvalue weighted by atomic mass is 10.0. The third-order valence-electron chi connectivity index (χ3n) is 4.71. The van der Waals surface area contributed by atoms with Gasteiger partial charge in [-0.1, -0.05) is 44.2 Å². The van der Waals surface area contributed by atoms with Gasteiger partial charge in [0.25, 0.3) is 0 Å². The van der Waals surface area contributed by atoms with E-state index in [1.54, 1.807) is 16.7 Å². The fourth-order valence-corrected chi connectivity index (χ4v) is 3.68. The summed E-state index contributed by atoms with van der Waals surface area (Å²) in [7, 11) is 0. The lowest BCUT2D eigenvalue weighted by Crippen LogP contribution is -2.20. The monoisotopic (exact) mass is 492 g/mol. The topological polar surface area (TPSA) is 89.3 Å². The maximum atomic E-state index is 13.1. The number of carboxylic acid groups (broad SMARTS) is 1. The lowest BCUT2D eigenvalue weighted by molar-refractivity contribution is 0.0697. The number of benzene rings is 2. The van der Waals surface area contributed by atoms with E-state index in [9.17, 15) is 19.5 Å². The Hall–Kier alpha value is -3.58. The van der Waals surface area contributed by atoms with Crippen molar-refractivity contribution in [2.24, 2.45) is 0 Å². The first-order valence-corrected chi connectivity index (χ1v) is 10.8. The van der Waals surface area contributed by atoms with Gasteiger partial charge in [-0.2, -0.15) is 0 Å². The van der Waals surface area contributed by atoms with E-state index >= 15 is 0 Å². The predicted molar refractivity (Wildman–Crippen MR) is 127 cm³/mol. The number of para-hydroxylation sites is 1. The van der Waals surface area contributed by atoms with E-state index in [-0.39, 0.29) is 16.7 Å². The van der Waals surface area contributed by atoms with Gasteiger partial charge in [0.05, 0.1) is 28.9 Å². The van der Waals surface area contributed by atoms with E-state index in [4.69, 9.17) is 0 Å². The highest BCUT2D eigenvalue weighted by atomic mass is 79.9. The maximum Gasteiger partial charge on any atom is 0.335 e. The Bertz CT molecular complexity index is 1360. The number of nitrogens with zero attached hydrogens (tertiary/aromatic N) is 2. The molecule has 4 aromatic rings. The van der Waals surface area contributed by atoms with Crippen molar-refractivity contribution in [2.45, 2.75) is 20.4 Å². The molecule has 0 saturated heterocycles. The molecule has 2 heterocycles. The molecule has 4 rings (SSSR count). The van der Waals surface area contributed by atoms with Crippen LogP contribution in [0.5, 0.6) is 0 Å². The number of hydrogen-bond acceptors (Lipinski definition) is 4. The van der Waals surface area contributed by atoms with Crippen molar-refractivity contribution >= 4 is 38.6 Å². The molecule has 7 heteroatoms. The summed E-state index contributed by atoms with van der Waals surface area (Å²) < 4.78 is 2.49. The van der Waals surface area contributed by atoms with Crippen LogP contribution in [0.3, 0.4) is 0 Å². The van der Waals surface area contributed by atoms with Crippen LogP contribution in [0.1, 0.15) is 45.8 Å².